The molecule has 2 N–H and O–H groups in total. The van der Waals surface area contributed by atoms with Gasteiger partial charge in [-0.1, -0.05) is 12.1 Å². The van der Waals surface area contributed by atoms with Gasteiger partial charge < -0.3 is 19.5 Å². The lowest BCUT2D eigenvalue weighted by atomic mass is 10.2. The van der Waals surface area contributed by atoms with E-state index in [1.807, 2.05) is 26.0 Å². The molecule has 1 aliphatic heterocycles. The zero-order valence-electron chi connectivity index (χ0n) is 16.5. The molecule has 2 aromatic carbocycles. The number of ether oxygens (including phenoxy) is 3. The monoisotopic (exact) mass is 420 g/mol. The standard InChI is InChI=1S/C20H24N2O6S/c1-13(2)22-20(23)16-10-15(8-9-17(16)26-3)29(24,25)21-11-14-12-27-18-6-4-5-7-19(18)28-14/h4-10,13-14,21H,11-12H2,1-3H3,(H,22,23)/t14-/m0/s1. The fourth-order valence-electron chi connectivity index (χ4n) is 2.82. The first kappa shape index (κ1) is 20.9. The summed E-state index contributed by atoms with van der Waals surface area (Å²) in [6, 6.07) is 11.2. The highest BCUT2D eigenvalue weighted by Crippen LogP contribution is 2.30. The van der Waals surface area contributed by atoms with Crippen LogP contribution in [-0.2, 0) is 10.0 Å². The summed E-state index contributed by atoms with van der Waals surface area (Å²) in [7, 11) is -2.44. The molecule has 0 saturated heterocycles. The number of hydrogen-bond acceptors (Lipinski definition) is 6. The van der Waals surface area contributed by atoms with E-state index in [4.69, 9.17) is 14.2 Å². The Kier molecular flexibility index (Phi) is 6.29. The van der Waals surface area contributed by atoms with E-state index in [1.54, 1.807) is 12.1 Å². The molecule has 29 heavy (non-hydrogen) atoms. The third kappa shape index (κ3) is 4.99. The molecule has 0 unspecified atom stereocenters. The summed E-state index contributed by atoms with van der Waals surface area (Å²) in [4.78, 5) is 12.4. The van der Waals surface area contributed by atoms with E-state index < -0.39 is 22.0 Å². The molecular formula is C20H24N2O6S. The van der Waals surface area contributed by atoms with Gasteiger partial charge >= 0.3 is 0 Å². The van der Waals surface area contributed by atoms with Gasteiger partial charge in [0.25, 0.3) is 5.91 Å². The van der Waals surface area contributed by atoms with E-state index >= 15 is 0 Å². The molecule has 1 heterocycles. The Morgan fingerprint density at radius 1 is 1.21 bits per heavy atom. The third-order valence-electron chi connectivity index (χ3n) is 4.21. The average molecular weight is 420 g/mol. The Balaban J connectivity index is 1.73. The van der Waals surface area contributed by atoms with Crippen LogP contribution in [0.25, 0.3) is 0 Å². The van der Waals surface area contributed by atoms with Crippen LogP contribution in [0.5, 0.6) is 17.2 Å². The Morgan fingerprint density at radius 3 is 2.62 bits per heavy atom. The summed E-state index contributed by atoms with van der Waals surface area (Å²) < 4.78 is 44.5. The molecule has 156 valence electrons. The van der Waals surface area contributed by atoms with E-state index in [0.717, 1.165) is 0 Å². The number of fused-ring (bicyclic) bond motifs is 1. The first-order chi connectivity index (χ1) is 13.8. The molecule has 1 aliphatic rings. The number of methoxy groups -OCH3 is 1. The fourth-order valence-corrected chi connectivity index (χ4v) is 3.91. The minimum atomic E-state index is -3.87. The summed E-state index contributed by atoms with van der Waals surface area (Å²) in [6.07, 6.45) is -0.471. The number of benzene rings is 2. The zero-order valence-corrected chi connectivity index (χ0v) is 17.3. The van der Waals surface area contributed by atoms with Crippen LogP contribution >= 0.6 is 0 Å². The minimum Gasteiger partial charge on any atom is -0.496 e. The van der Waals surface area contributed by atoms with Crippen molar-refractivity contribution in [3.05, 3.63) is 48.0 Å². The highest BCUT2D eigenvalue weighted by molar-refractivity contribution is 7.89. The molecular weight excluding hydrogens is 396 g/mol. The van der Waals surface area contributed by atoms with Crippen LogP contribution in [0.15, 0.2) is 47.4 Å². The summed E-state index contributed by atoms with van der Waals surface area (Å²) in [5.41, 5.74) is 0.148. The van der Waals surface area contributed by atoms with Crippen molar-refractivity contribution < 1.29 is 27.4 Å². The van der Waals surface area contributed by atoms with Gasteiger partial charge in [0.05, 0.1) is 24.1 Å². The van der Waals surface area contributed by atoms with Crippen molar-refractivity contribution >= 4 is 15.9 Å². The molecule has 0 fully saturated rings. The van der Waals surface area contributed by atoms with Gasteiger partial charge in [-0.3, -0.25) is 4.79 Å². The lowest BCUT2D eigenvalue weighted by molar-refractivity contribution is 0.0939. The largest absolute Gasteiger partial charge is 0.496 e. The molecule has 0 radical (unpaired) electrons. The first-order valence-electron chi connectivity index (χ1n) is 9.17. The van der Waals surface area contributed by atoms with Crippen LogP contribution in [0.4, 0.5) is 0 Å². The van der Waals surface area contributed by atoms with Crippen LogP contribution in [0, 0.1) is 0 Å². The molecule has 0 saturated carbocycles. The topological polar surface area (TPSA) is 103 Å². The van der Waals surface area contributed by atoms with E-state index in [1.165, 1.54) is 25.3 Å². The predicted octanol–water partition coefficient (Wildman–Crippen LogP) is 1.95. The highest BCUT2D eigenvalue weighted by atomic mass is 32.2. The fraction of sp³-hybridized carbons (Fsp3) is 0.350. The molecule has 0 bridgehead atoms. The highest BCUT2D eigenvalue weighted by Gasteiger charge is 2.25. The zero-order chi connectivity index (χ0) is 21.0. The van der Waals surface area contributed by atoms with E-state index in [2.05, 4.69) is 10.0 Å². The van der Waals surface area contributed by atoms with Crippen LogP contribution in [0.1, 0.15) is 24.2 Å². The van der Waals surface area contributed by atoms with Gasteiger partial charge in [0, 0.05) is 6.04 Å². The van der Waals surface area contributed by atoms with Gasteiger partial charge in [-0.2, -0.15) is 0 Å². The second-order valence-corrected chi connectivity index (χ2v) is 8.61. The Morgan fingerprint density at radius 2 is 1.93 bits per heavy atom. The van der Waals surface area contributed by atoms with Crippen molar-refractivity contribution in [3.63, 3.8) is 0 Å². The molecule has 1 amide bonds. The molecule has 9 heteroatoms. The number of carbonyl (C=O) groups is 1. The van der Waals surface area contributed by atoms with Crippen LogP contribution in [0.2, 0.25) is 0 Å². The lowest BCUT2D eigenvalue weighted by Gasteiger charge is -2.26. The Hall–Kier alpha value is -2.78. The van der Waals surface area contributed by atoms with Gasteiger partial charge in [-0.25, -0.2) is 13.1 Å². The number of carbonyl (C=O) groups excluding carboxylic acids is 1. The van der Waals surface area contributed by atoms with Crippen molar-refractivity contribution in [2.45, 2.75) is 30.9 Å². The number of hydrogen-bond donors (Lipinski definition) is 2. The maximum absolute atomic E-state index is 12.7. The number of amides is 1. The summed E-state index contributed by atoms with van der Waals surface area (Å²) >= 11 is 0. The SMILES string of the molecule is COc1ccc(S(=O)(=O)NC[C@H]2COc3ccccc3O2)cc1C(=O)NC(C)C. The van der Waals surface area contributed by atoms with Gasteiger partial charge in [-0.05, 0) is 44.2 Å². The van der Waals surface area contributed by atoms with E-state index in [-0.39, 0.29) is 29.7 Å². The van der Waals surface area contributed by atoms with Crippen LogP contribution in [-0.4, -0.2) is 46.7 Å². The third-order valence-corrected chi connectivity index (χ3v) is 5.64. The lowest BCUT2D eigenvalue weighted by Crippen LogP contribution is -2.40. The average Bonchev–Trinajstić information content (AvgIpc) is 2.71. The molecule has 2 aromatic rings. The number of para-hydroxylation sites is 2. The Bertz CT molecular complexity index is 990. The summed E-state index contributed by atoms with van der Waals surface area (Å²) in [6.45, 7) is 3.88. The van der Waals surface area contributed by atoms with Gasteiger partial charge in [0.1, 0.15) is 18.5 Å². The first-order valence-corrected chi connectivity index (χ1v) is 10.7. The second kappa shape index (κ2) is 8.71. The van der Waals surface area contributed by atoms with Crippen molar-refractivity contribution in [2.24, 2.45) is 0 Å². The van der Waals surface area contributed by atoms with Crippen molar-refractivity contribution in [1.82, 2.24) is 10.0 Å². The quantitative estimate of drug-likeness (QED) is 0.710. The normalized spacial score (nSPS) is 15.8. The molecule has 1 atom stereocenters. The molecule has 8 nitrogen and oxygen atoms in total. The van der Waals surface area contributed by atoms with Crippen LogP contribution < -0.4 is 24.2 Å². The molecule has 0 spiro atoms. The number of rotatable bonds is 7. The maximum atomic E-state index is 12.7. The minimum absolute atomic E-state index is 0.0240. The van der Waals surface area contributed by atoms with Crippen LogP contribution in [0.3, 0.4) is 0 Å². The molecule has 3 rings (SSSR count). The van der Waals surface area contributed by atoms with Gasteiger partial charge in [0.2, 0.25) is 10.0 Å². The summed E-state index contributed by atoms with van der Waals surface area (Å²) in [5.74, 6) is 1.08. The molecule has 0 aromatic heterocycles. The van der Waals surface area contributed by atoms with E-state index in [9.17, 15) is 13.2 Å². The van der Waals surface area contributed by atoms with Crippen molar-refractivity contribution in [2.75, 3.05) is 20.3 Å². The number of nitrogens with one attached hydrogen (secondary N) is 2. The van der Waals surface area contributed by atoms with Crippen molar-refractivity contribution in [3.8, 4) is 17.2 Å². The van der Waals surface area contributed by atoms with E-state index in [0.29, 0.717) is 17.2 Å². The van der Waals surface area contributed by atoms with Crippen molar-refractivity contribution in [1.29, 1.82) is 0 Å². The van der Waals surface area contributed by atoms with Gasteiger partial charge in [-0.15, -0.1) is 0 Å². The molecule has 0 aliphatic carbocycles. The smallest absolute Gasteiger partial charge is 0.255 e. The Labute approximate surface area is 170 Å². The maximum Gasteiger partial charge on any atom is 0.255 e. The summed E-state index contributed by atoms with van der Waals surface area (Å²) in [5, 5.41) is 2.73. The van der Waals surface area contributed by atoms with Gasteiger partial charge in [0.15, 0.2) is 11.5 Å². The second-order valence-electron chi connectivity index (χ2n) is 6.84. The predicted molar refractivity (Wildman–Crippen MR) is 107 cm³/mol. The number of sulfonamides is 1.